The van der Waals surface area contributed by atoms with Crippen LogP contribution < -0.4 is 0 Å². The van der Waals surface area contributed by atoms with E-state index >= 15 is 0 Å². The summed E-state index contributed by atoms with van der Waals surface area (Å²) in [5, 5.41) is 0. The van der Waals surface area contributed by atoms with Gasteiger partial charge in [0.1, 0.15) is 5.76 Å². The first-order valence-electron chi connectivity index (χ1n) is 3.61. The zero-order valence-corrected chi connectivity index (χ0v) is 6.00. The third-order valence-corrected chi connectivity index (χ3v) is 1.90. The molecule has 1 atom stereocenters. The van der Waals surface area contributed by atoms with Gasteiger partial charge in [-0.25, -0.2) is 0 Å². The summed E-state index contributed by atoms with van der Waals surface area (Å²) in [7, 11) is 0. The van der Waals surface area contributed by atoms with E-state index in [1.54, 1.807) is 6.26 Å². The van der Waals surface area contributed by atoms with E-state index in [1.807, 2.05) is 0 Å². The lowest BCUT2D eigenvalue weighted by Gasteiger charge is -2.09. The van der Waals surface area contributed by atoms with Gasteiger partial charge in [0.25, 0.3) is 0 Å². The van der Waals surface area contributed by atoms with Crippen molar-refractivity contribution in [3.8, 4) is 0 Å². The average molecular weight is 134 g/mol. The molecule has 1 aromatic rings. The number of allylic oxidation sites excluding steroid dienone is 1. The highest BCUT2D eigenvalue weighted by atomic mass is 16.3. The maximum Gasteiger partial charge on any atom is 0.129 e. The molecule has 0 saturated heterocycles. The number of fused-ring (bicyclic) bond motifs is 1. The van der Waals surface area contributed by atoms with E-state index in [0.29, 0.717) is 5.92 Å². The van der Waals surface area contributed by atoms with Crippen LogP contribution in [0, 0.1) is 5.92 Å². The van der Waals surface area contributed by atoms with Crippen LogP contribution in [-0.4, -0.2) is 0 Å². The van der Waals surface area contributed by atoms with Crippen molar-refractivity contribution in [1.82, 2.24) is 0 Å². The maximum atomic E-state index is 5.22. The Morgan fingerprint density at radius 3 is 3.40 bits per heavy atom. The molecular weight excluding hydrogens is 124 g/mol. The van der Waals surface area contributed by atoms with Crippen molar-refractivity contribution in [1.29, 1.82) is 0 Å². The van der Waals surface area contributed by atoms with Crippen LogP contribution >= 0.6 is 0 Å². The first-order valence-corrected chi connectivity index (χ1v) is 3.61. The molecule has 1 unspecified atom stereocenters. The minimum atomic E-state index is 0.671. The first-order chi connectivity index (χ1) is 4.86. The molecule has 52 valence electrons. The van der Waals surface area contributed by atoms with Crippen LogP contribution in [0.4, 0.5) is 0 Å². The van der Waals surface area contributed by atoms with Gasteiger partial charge in [0, 0.05) is 0 Å². The molecule has 0 fully saturated rings. The van der Waals surface area contributed by atoms with E-state index in [-0.39, 0.29) is 0 Å². The summed E-state index contributed by atoms with van der Waals surface area (Å²) in [4.78, 5) is 0. The average Bonchev–Trinajstić information content (AvgIpc) is 2.33. The maximum absolute atomic E-state index is 5.22. The van der Waals surface area contributed by atoms with Gasteiger partial charge in [0.2, 0.25) is 0 Å². The van der Waals surface area contributed by atoms with Crippen molar-refractivity contribution in [2.75, 3.05) is 0 Å². The van der Waals surface area contributed by atoms with E-state index in [9.17, 15) is 0 Å². The van der Waals surface area contributed by atoms with Gasteiger partial charge in [-0.05, 0) is 30.0 Å². The molecule has 1 nitrogen and oxygen atoms in total. The third-order valence-electron chi connectivity index (χ3n) is 1.90. The Morgan fingerprint density at radius 1 is 1.60 bits per heavy atom. The Morgan fingerprint density at radius 2 is 2.50 bits per heavy atom. The Hall–Kier alpha value is -0.980. The van der Waals surface area contributed by atoms with Crippen molar-refractivity contribution in [3.05, 3.63) is 29.7 Å². The fraction of sp³-hybridized carbons (Fsp3) is 0.333. The van der Waals surface area contributed by atoms with Gasteiger partial charge >= 0.3 is 0 Å². The lowest BCUT2D eigenvalue weighted by atomic mass is 9.96. The highest BCUT2D eigenvalue weighted by Gasteiger charge is 2.10. The van der Waals surface area contributed by atoms with Crippen molar-refractivity contribution >= 4 is 6.08 Å². The second-order valence-electron chi connectivity index (χ2n) is 2.85. The standard InChI is InChI=1S/C9H10O/c1-7-2-3-9-8(6-7)4-5-10-9/h2-5,7H,6H2,1H3. The van der Waals surface area contributed by atoms with E-state index in [1.165, 1.54) is 5.56 Å². The largest absolute Gasteiger partial charge is 0.465 e. The summed E-state index contributed by atoms with van der Waals surface area (Å²) in [5.41, 5.74) is 1.34. The smallest absolute Gasteiger partial charge is 0.129 e. The molecule has 1 heterocycles. The summed E-state index contributed by atoms with van der Waals surface area (Å²) in [5.74, 6) is 1.71. The van der Waals surface area contributed by atoms with Crippen LogP contribution in [0.25, 0.3) is 6.08 Å². The van der Waals surface area contributed by atoms with E-state index in [2.05, 4.69) is 25.1 Å². The third kappa shape index (κ3) is 0.783. The monoisotopic (exact) mass is 134 g/mol. The van der Waals surface area contributed by atoms with Crippen LogP contribution in [0.1, 0.15) is 18.2 Å². The second kappa shape index (κ2) is 2.01. The number of hydrogen-bond acceptors (Lipinski definition) is 1. The molecule has 1 aliphatic carbocycles. The summed E-state index contributed by atoms with van der Waals surface area (Å²) >= 11 is 0. The minimum Gasteiger partial charge on any atom is -0.465 e. The van der Waals surface area contributed by atoms with E-state index < -0.39 is 0 Å². The highest BCUT2D eigenvalue weighted by molar-refractivity contribution is 5.50. The molecule has 0 radical (unpaired) electrons. The molecule has 10 heavy (non-hydrogen) atoms. The molecule has 2 rings (SSSR count). The van der Waals surface area contributed by atoms with Gasteiger partial charge < -0.3 is 4.42 Å². The van der Waals surface area contributed by atoms with Gasteiger partial charge in [-0.1, -0.05) is 13.0 Å². The molecule has 0 aromatic carbocycles. The van der Waals surface area contributed by atoms with Crippen LogP contribution in [0.2, 0.25) is 0 Å². The predicted molar refractivity (Wildman–Crippen MR) is 40.6 cm³/mol. The zero-order chi connectivity index (χ0) is 6.97. The Kier molecular flexibility index (Phi) is 1.16. The quantitative estimate of drug-likeness (QED) is 0.531. The Labute approximate surface area is 60.4 Å². The first kappa shape index (κ1) is 5.78. The molecule has 1 heteroatoms. The van der Waals surface area contributed by atoms with Crippen molar-refractivity contribution in [3.63, 3.8) is 0 Å². The Bertz CT molecular complexity index is 257. The lowest BCUT2D eigenvalue weighted by Crippen LogP contribution is -1.99. The van der Waals surface area contributed by atoms with Crippen LogP contribution in [0.5, 0.6) is 0 Å². The topological polar surface area (TPSA) is 13.1 Å². The second-order valence-corrected chi connectivity index (χ2v) is 2.85. The van der Waals surface area contributed by atoms with Crippen LogP contribution in [-0.2, 0) is 6.42 Å². The molecule has 1 aliphatic rings. The van der Waals surface area contributed by atoms with Gasteiger partial charge in [-0.15, -0.1) is 0 Å². The predicted octanol–water partition coefficient (Wildman–Crippen LogP) is 2.49. The normalized spacial score (nSPS) is 22.7. The molecular formula is C9H10O. The molecule has 1 aromatic heterocycles. The zero-order valence-electron chi connectivity index (χ0n) is 6.00. The summed E-state index contributed by atoms with van der Waals surface area (Å²) in [6.45, 7) is 2.21. The van der Waals surface area contributed by atoms with Crippen LogP contribution in [0.15, 0.2) is 22.8 Å². The van der Waals surface area contributed by atoms with Gasteiger partial charge in [-0.3, -0.25) is 0 Å². The molecule has 0 aliphatic heterocycles. The highest BCUT2D eigenvalue weighted by Crippen LogP contribution is 2.22. The molecule has 0 saturated carbocycles. The molecule has 0 spiro atoms. The minimum absolute atomic E-state index is 0.671. The SMILES string of the molecule is CC1C=Cc2occc2C1. The number of hydrogen-bond donors (Lipinski definition) is 0. The fourth-order valence-corrected chi connectivity index (χ4v) is 1.33. The van der Waals surface area contributed by atoms with Gasteiger partial charge in [0.05, 0.1) is 6.26 Å². The summed E-state index contributed by atoms with van der Waals surface area (Å²) < 4.78 is 5.22. The van der Waals surface area contributed by atoms with Gasteiger partial charge in [0.15, 0.2) is 0 Å². The van der Waals surface area contributed by atoms with Crippen LogP contribution in [0.3, 0.4) is 0 Å². The van der Waals surface area contributed by atoms with E-state index in [0.717, 1.165) is 12.2 Å². The summed E-state index contributed by atoms with van der Waals surface area (Å²) in [6.07, 6.45) is 7.13. The Balaban J connectivity index is 2.43. The van der Waals surface area contributed by atoms with Crippen molar-refractivity contribution in [2.24, 2.45) is 5.92 Å². The summed E-state index contributed by atoms with van der Waals surface area (Å²) in [6, 6.07) is 2.05. The van der Waals surface area contributed by atoms with Crippen molar-refractivity contribution in [2.45, 2.75) is 13.3 Å². The molecule has 0 N–H and O–H groups in total. The lowest BCUT2D eigenvalue weighted by molar-refractivity contribution is 0.545. The fourth-order valence-electron chi connectivity index (χ4n) is 1.33. The van der Waals surface area contributed by atoms with Crippen molar-refractivity contribution < 1.29 is 4.42 Å². The van der Waals surface area contributed by atoms with Gasteiger partial charge in [-0.2, -0.15) is 0 Å². The number of furan rings is 1. The molecule has 0 amide bonds. The van der Waals surface area contributed by atoms with E-state index in [4.69, 9.17) is 4.42 Å². The molecule has 0 bridgehead atoms. The number of rotatable bonds is 0.